The number of ether oxygens (including phenoxy) is 1. The highest BCUT2D eigenvalue weighted by molar-refractivity contribution is 9.10. The average Bonchev–Trinajstić information content (AvgIpc) is 2.80. The summed E-state index contributed by atoms with van der Waals surface area (Å²) in [5, 5.41) is 6.73. The van der Waals surface area contributed by atoms with Crippen LogP contribution in [0.3, 0.4) is 0 Å². The Morgan fingerprint density at radius 1 is 0.909 bits per heavy atom. The number of hydrazone groups is 1. The topological polar surface area (TPSA) is 79.8 Å². The second kappa shape index (κ2) is 12.0. The number of hydrogen-bond acceptors (Lipinski definition) is 4. The first-order valence-electron chi connectivity index (χ1n) is 10.6. The van der Waals surface area contributed by atoms with Gasteiger partial charge in [-0.25, -0.2) is 5.43 Å². The van der Waals surface area contributed by atoms with Gasteiger partial charge in [-0.05, 0) is 71.2 Å². The number of nitrogens with zero attached hydrogens (tertiary/aromatic N) is 1. The molecule has 0 spiro atoms. The lowest BCUT2D eigenvalue weighted by Crippen LogP contribution is -2.20. The summed E-state index contributed by atoms with van der Waals surface area (Å²) in [5.74, 6) is 0.168. The van der Waals surface area contributed by atoms with E-state index in [4.69, 9.17) is 4.74 Å². The monoisotopic (exact) mass is 507 g/mol. The third kappa shape index (κ3) is 8.20. The number of anilines is 1. The van der Waals surface area contributed by atoms with Gasteiger partial charge in [0.2, 0.25) is 11.8 Å². The van der Waals surface area contributed by atoms with Crippen molar-refractivity contribution in [3.63, 3.8) is 0 Å². The van der Waals surface area contributed by atoms with Crippen LogP contribution in [-0.2, 0) is 16.2 Å². The molecule has 0 saturated heterocycles. The van der Waals surface area contributed by atoms with Crippen LogP contribution < -0.4 is 15.5 Å². The van der Waals surface area contributed by atoms with Crippen molar-refractivity contribution in [3.05, 3.63) is 93.5 Å². The Morgan fingerprint density at radius 2 is 1.55 bits per heavy atom. The quantitative estimate of drug-likeness (QED) is 0.295. The Hall–Kier alpha value is -3.45. The van der Waals surface area contributed by atoms with Crippen molar-refractivity contribution in [2.75, 3.05) is 5.32 Å². The van der Waals surface area contributed by atoms with Gasteiger partial charge in [0.1, 0.15) is 12.4 Å². The molecule has 0 atom stereocenters. The summed E-state index contributed by atoms with van der Waals surface area (Å²) >= 11 is 3.51. The highest BCUT2D eigenvalue weighted by Gasteiger charge is 2.07. The Labute approximate surface area is 202 Å². The number of aryl methyl sites for hydroxylation is 2. The summed E-state index contributed by atoms with van der Waals surface area (Å²) in [5.41, 5.74) is 7.36. The van der Waals surface area contributed by atoms with Crippen molar-refractivity contribution in [1.29, 1.82) is 0 Å². The van der Waals surface area contributed by atoms with Crippen LogP contribution in [0.5, 0.6) is 5.75 Å². The molecule has 0 aliphatic rings. The van der Waals surface area contributed by atoms with Crippen LogP contribution in [0.1, 0.15) is 35.1 Å². The van der Waals surface area contributed by atoms with Crippen molar-refractivity contribution in [2.24, 2.45) is 5.10 Å². The molecule has 2 amide bonds. The minimum absolute atomic E-state index is 0.0461. The van der Waals surface area contributed by atoms with Gasteiger partial charge >= 0.3 is 0 Å². The summed E-state index contributed by atoms with van der Waals surface area (Å²) in [7, 11) is 0. The largest absolute Gasteiger partial charge is 0.488 e. The number of rotatable bonds is 9. The first-order valence-corrected chi connectivity index (χ1v) is 11.3. The van der Waals surface area contributed by atoms with Gasteiger partial charge in [-0.2, -0.15) is 5.10 Å². The summed E-state index contributed by atoms with van der Waals surface area (Å²) in [6, 6.07) is 21.2. The molecule has 0 aliphatic heterocycles. The Morgan fingerprint density at radius 3 is 2.21 bits per heavy atom. The first-order chi connectivity index (χ1) is 15.9. The van der Waals surface area contributed by atoms with Crippen molar-refractivity contribution >= 4 is 39.6 Å². The molecular formula is C26H26BrN3O3. The summed E-state index contributed by atoms with van der Waals surface area (Å²) in [6.45, 7) is 4.50. The van der Waals surface area contributed by atoms with Crippen LogP contribution in [0.4, 0.5) is 5.69 Å². The van der Waals surface area contributed by atoms with E-state index in [1.54, 1.807) is 6.21 Å². The number of carbonyl (C=O) groups excluding carboxylic acids is 2. The minimum Gasteiger partial charge on any atom is -0.488 e. The predicted molar refractivity (Wildman–Crippen MR) is 134 cm³/mol. The molecule has 7 heteroatoms. The summed E-state index contributed by atoms with van der Waals surface area (Å²) in [4.78, 5) is 23.9. The van der Waals surface area contributed by atoms with E-state index in [1.165, 1.54) is 5.56 Å². The number of carbonyl (C=O) groups is 2. The van der Waals surface area contributed by atoms with E-state index in [0.717, 1.165) is 26.9 Å². The van der Waals surface area contributed by atoms with E-state index in [1.807, 2.05) is 68.4 Å². The van der Waals surface area contributed by atoms with Crippen molar-refractivity contribution in [2.45, 2.75) is 33.3 Å². The second-order valence-electron chi connectivity index (χ2n) is 7.67. The fraction of sp³-hybridized carbons (Fsp3) is 0.192. The van der Waals surface area contributed by atoms with Crippen LogP contribution in [0.25, 0.3) is 0 Å². The minimum atomic E-state index is -0.331. The van der Waals surface area contributed by atoms with E-state index >= 15 is 0 Å². The number of benzene rings is 3. The van der Waals surface area contributed by atoms with Gasteiger partial charge in [0, 0.05) is 18.5 Å². The van der Waals surface area contributed by atoms with E-state index in [2.05, 4.69) is 43.9 Å². The molecule has 170 valence electrons. The molecule has 0 radical (unpaired) electrons. The average molecular weight is 508 g/mol. The van der Waals surface area contributed by atoms with Crippen LogP contribution in [-0.4, -0.2) is 18.0 Å². The highest BCUT2D eigenvalue weighted by Crippen LogP contribution is 2.26. The number of amides is 2. The standard InChI is InChI=1S/C26H26BrN3O3/c1-18-3-7-20(8-4-18)17-33-24-12-9-21(15-23(24)27)16-28-30-26(32)14-13-25(31)29-22-10-5-19(2)6-11-22/h3-12,15-16H,13-14,17H2,1-2H3,(H,29,31)(H,30,32). The molecule has 2 N–H and O–H groups in total. The maximum Gasteiger partial charge on any atom is 0.240 e. The van der Waals surface area contributed by atoms with E-state index < -0.39 is 0 Å². The Balaban J connectivity index is 1.42. The van der Waals surface area contributed by atoms with Gasteiger partial charge in [-0.1, -0.05) is 47.5 Å². The normalized spacial score (nSPS) is 10.8. The molecule has 0 fully saturated rings. The smallest absolute Gasteiger partial charge is 0.240 e. The van der Waals surface area contributed by atoms with Gasteiger partial charge in [-0.3, -0.25) is 9.59 Å². The fourth-order valence-corrected chi connectivity index (χ4v) is 3.39. The van der Waals surface area contributed by atoms with Gasteiger partial charge < -0.3 is 10.1 Å². The van der Waals surface area contributed by atoms with Crippen molar-refractivity contribution < 1.29 is 14.3 Å². The van der Waals surface area contributed by atoms with E-state index in [0.29, 0.717) is 12.3 Å². The Kier molecular flexibility index (Phi) is 8.78. The zero-order chi connectivity index (χ0) is 23.6. The van der Waals surface area contributed by atoms with Crippen LogP contribution in [0, 0.1) is 13.8 Å². The lowest BCUT2D eigenvalue weighted by Gasteiger charge is -2.09. The van der Waals surface area contributed by atoms with E-state index in [-0.39, 0.29) is 24.7 Å². The van der Waals surface area contributed by atoms with Gasteiger partial charge in [-0.15, -0.1) is 0 Å². The molecule has 0 saturated carbocycles. The molecule has 3 aromatic rings. The van der Waals surface area contributed by atoms with Gasteiger partial charge in [0.05, 0.1) is 10.7 Å². The number of hydrogen-bond donors (Lipinski definition) is 2. The molecule has 33 heavy (non-hydrogen) atoms. The summed E-state index contributed by atoms with van der Waals surface area (Å²) < 4.78 is 6.65. The first kappa shape index (κ1) is 24.2. The molecule has 0 aromatic heterocycles. The van der Waals surface area contributed by atoms with Crippen molar-refractivity contribution in [1.82, 2.24) is 5.43 Å². The molecule has 3 rings (SSSR count). The molecule has 0 bridgehead atoms. The molecule has 0 unspecified atom stereocenters. The molecular weight excluding hydrogens is 482 g/mol. The number of nitrogens with one attached hydrogen (secondary N) is 2. The summed E-state index contributed by atoms with van der Waals surface area (Å²) in [6.07, 6.45) is 1.66. The maximum atomic E-state index is 12.0. The maximum absolute atomic E-state index is 12.0. The zero-order valence-corrected chi connectivity index (χ0v) is 20.2. The third-order valence-corrected chi connectivity index (χ3v) is 5.41. The molecule has 0 heterocycles. The Bertz CT molecular complexity index is 1130. The molecule has 3 aromatic carbocycles. The fourth-order valence-electron chi connectivity index (χ4n) is 2.88. The second-order valence-corrected chi connectivity index (χ2v) is 8.53. The van der Waals surface area contributed by atoms with Crippen molar-refractivity contribution in [3.8, 4) is 5.75 Å². The van der Waals surface area contributed by atoms with Crippen LogP contribution in [0.15, 0.2) is 76.3 Å². The molecule has 0 aliphatic carbocycles. The van der Waals surface area contributed by atoms with Crippen LogP contribution >= 0.6 is 15.9 Å². The third-order valence-electron chi connectivity index (χ3n) is 4.79. The van der Waals surface area contributed by atoms with Gasteiger partial charge in [0.25, 0.3) is 0 Å². The SMILES string of the molecule is Cc1ccc(COc2ccc(C=NNC(=O)CCC(=O)Nc3ccc(C)cc3)cc2Br)cc1. The lowest BCUT2D eigenvalue weighted by molar-refractivity contribution is -0.124. The number of halogens is 1. The van der Waals surface area contributed by atoms with E-state index in [9.17, 15) is 9.59 Å². The predicted octanol–water partition coefficient (Wildman–Crippen LogP) is 5.51. The van der Waals surface area contributed by atoms with Crippen LogP contribution in [0.2, 0.25) is 0 Å². The zero-order valence-electron chi connectivity index (χ0n) is 18.6. The molecule has 6 nitrogen and oxygen atoms in total. The lowest BCUT2D eigenvalue weighted by atomic mass is 10.2. The van der Waals surface area contributed by atoms with Gasteiger partial charge in [0.15, 0.2) is 0 Å². The highest BCUT2D eigenvalue weighted by atomic mass is 79.9.